The number of rotatable bonds is 6. The molecule has 0 saturated heterocycles. The van der Waals surface area contributed by atoms with E-state index in [1.54, 1.807) is 25.7 Å². The number of hydrogen-bond donors (Lipinski definition) is 0. The molecule has 0 aromatic rings. The topological polar surface area (TPSA) is 26.3 Å². The number of carbonyl (C=O) groups excluding carboxylic acids is 1. The summed E-state index contributed by atoms with van der Waals surface area (Å²) < 4.78 is 5.02. The van der Waals surface area contributed by atoms with Crippen molar-refractivity contribution in [1.82, 2.24) is 0 Å². The minimum atomic E-state index is -0.506. The quantitative estimate of drug-likeness (QED) is 0.529. The van der Waals surface area contributed by atoms with E-state index < -0.39 is 9.76 Å². The smallest absolute Gasteiger partial charge is 0.292 e. The van der Waals surface area contributed by atoms with Crippen LogP contribution >= 0.6 is 0 Å². The lowest BCUT2D eigenvalue weighted by molar-refractivity contribution is -0.134. The van der Waals surface area contributed by atoms with Crippen LogP contribution in [0.1, 0.15) is 84.5 Å². The van der Waals surface area contributed by atoms with Crippen molar-refractivity contribution in [2.24, 2.45) is 11.8 Å². The highest BCUT2D eigenvalue weighted by Gasteiger charge is 2.26. The van der Waals surface area contributed by atoms with E-state index in [2.05, 4.69) is 6.92 Å². The van der Waals surface area contributed by atoms with Crippen LogP contribution in [0.15, 0.2) is 0 Å². The van der Waals surface area contributed by atoms with E-state index in [0.29, 0.717) is 6.42 Å². The molecule has 2 fully saturated rings. The normalized spacial score (nSPS) is 20.3. The first-order valence-electron chi connectivity index (χ1n) is 8.93. The maximum Gasteiger partial charge on any atom is 0.292 e. The fraction of sp³-hybridized carbons (Fsp3) is 0.941. The van der Waals surface area contributed by atoms with Gasteiger partial charge in [-0.15, -0.1) is 0 Å². The summed E-state index contributed by atoms with van der Waals surface area (Å²) in [6.07, 6.45) is 15.0. The molecular weight excluding hydrogens is 264 g/mol. The Balaban J connectivity index is 0.000000200. The second kappa shape index (κ2) is 11.4. The second-order valence-electron chi connectivity index (χ2n) is 6.41. The van der Waals surface area contributed by atoms with Crippen molar-refractivity contribution < 1.29 is 9.22 Å². The van der Waals surface area contributed by atoms with Gasteiger partial charge in [0.2, 0.25) is 9.76 Å². The van der Waals surface area contributed by atoms with Crippen molar-refractivity contribution in [3.05, 3.63) is 0 Å². The van der Waals surface area contributed by atoms with Gasteiger partial charge in [0.15, 0.2) is 0 Å². The van der Waals surface area contributed by atoms with Crippen LogP contribution < -0.4 is 0 Å². The Labute approximate surface area is 128 Å². The molecule has 0 aliphatic heterocycles. The summed E-state index contributed by atoms with van der Waals surface area (Å²) in [6, 6.07) is 1.12. The molecule has 20 heavy (non-hydrogen) atoms. The first kappa shape index (κ1) is 17.7. The molecule has 0 heterocycles. The van der Waals surface area contributed by atoms with E-state index >= 15 is 0 Å². The van der Waals surface area contributed by atoms with Gasteiger partial charge in [-0.2, -0.15) is 0 Å². The highest BCUT2D eigenvalue weighted by molar-refractivity contribution is 6.30. The minimum Gasteiger partial charge on any atom is -0.525 e. The molecule has 0 unspecified atom stereocenters. The highest BCUT2D eigenvalue weighted by atomic mass is 28.2. The Bertz CT molecular complexity index is 229. The monoisotopic (exact) mass is 298 g/mol. The standard InChI is InChI=1S/C10H18.C7H16O2Si/c1-2-6-9(5-1)10-7-3-4-8-10;1-3-5-7(8)9-10-6-4-2/h9-10H,1-8H2;3-6,10H2,1-2H3. The summed E-state index contributed by atoms with van der Waals surface area (Å²) in [4.78, 5) is 10.7. The Morgan fingerprint density at radius 3 is 1.85 bits per heavy atom. The first-order valence-corrected chi connectivity index (χ1v) is 10.5. The van der Waals surface area contributed by atoms with Crippen molar-refractivity contribution >= 4 is 15.7 Å². The SMILES string of the molecule is C1CCC(C2CCCC2)C1.CCC[SiH2]OC(=O)CCC. The average molecular weight is 299 g/mol. The van der Waals surface area contributed by atoms with Crippen molar-refractivity contribution in [2.45, 2.75) is 90.5 Å². The third-order valence-corrected chi connectivity index (χ3v) is 6.20. The third-order valence-electron chi connectivity index (χ3n) is 4.68. The van der Waals surface area contributed by atoms with Crippen molar-refractivity contribution in [1.29, 1.82) is 0 Å². The number of carbonyl (C=O) groups is 1. The lowest BCUT2D eigenvalue weighted by Gasteiger charge is -2.16. The van der Waals surface area contributed by atoms with E-state index in [9.17, 15) is 4.79 Å². The van der Waals surface area contributed by atoms with E-state index in [1.165, 1.54) is 25.7 Å². The van der Waals surface area contributed by atoms with Gasteiger partial charge >= 0.3 is 0 Å². The molecule has 0 amide bonds. The van der Waals surface area contributed by atoms with Crippen molar-refractivity contribution in [2.75, 3.05) is 0 Å². The lowest BCUT2D eigenvalue weighted by atomic mass is 9.90. The van der Waals surface area contributed by atoms with E-state index in [-0.39, 0.29) is 5.97 Å². The van der Waals surface area contributed by atoms with Crippen LogP contribution in [0.4, 0.5) is 0 Å². The van der Waals surface area contributed by atoms with Crippen LogP contribution in [0.3, 0.4) is 0 Å². The van der Waals surface area contributed by atoms with Crippen LogP contribution in [-0.4, -0.2) is 15.7 Å². The summed E-state index contributed by atoms with van der Waals surface area (Å²) >= 11 is 0. The Kier molecular flexibility index (Phi) is 10.1. The predicted molar refractivity (Wildman–Crippen MR) is 88.6 cm³/mol. The Morgan fingerprint density at radius 2 is 1.45 bits per heavy atom. The van der Waals surface area contributed by atoms with Gasteiger partial charge in [0.25, 0.3) is 5.97 Å². The molecule has 2 aliphatic carbocycles. The van der Waals surface area contributed by atoms with Crippen LogP contribution in [0.25, 0.3) is 0 Å². The minimum absolute atomic E-state index is 0.00242. The molecule has 2 saturated carbocycles. The van der Waals surface area contributed by atoms with E-state index in [1.807, 2.05) is 6.92 Å². The van der Waals surface area contributed by atoms with E-state index in [0.717, 1.165) is 30.7 Å². The predicted octanol–water partition coefficient (Wildman–Crippen LogP) is 4.61. The van der Waals surface area contributed by atoms with Gasteiger partial charge in [-0.1, -0.05) is 71.6 Å². The summed E-state index contributed by atoms with van der Waals surface area (Å²) in [7, 11) is -0.506. The molecule has 2 nitrogen and oxygen atoms in total. The van der Waals surface area contributed by atoms with Gasteiger partial charge in [0, 0.05) is 6.42 Å². The van der Waals surface area contributed by atoms with Crippen LogP contribution in [0.2, 0.25) is 6.04 Å². The first-order chi connectivity index (χ1) is 9.77. The summed E-state index contributed by atoms with van der Waals surface area (Å²) in [5, 5.41) is 0. The second-order valence-corrected chi connectivity index (χ2v) is 7.82. The molecule has 3 heteroatoms. The van der Waals surface area contributed by atoms with Crippen LogP contribution in [0, 0.1) is 11.8 Å². The zero-order chi connectivity index (χ0) is 14.6. The molecule has 0 N–H and O–H groups in total. The van der Waals surface area contributed by atoms with Crippen molar-refractivity contribution in [3.8, 4) is 0 Å². The maximum absolute atomic E-state index is 10.7. The summed E-state index contributed by atoms with van der Waals surface area (Å²) in [5.41, 5.74) is 0. The van der Waals surface area contributed by atoms with Crippen molar-refractivity contribution in [3.63, 3.8) is 0 Å². The van der Waals surface area contributed by atoms with Gasteiger partial charge in [0.1, 0.15) is 0 Å². The third kappa shape index (κ3) is 7.46. The molecular formula is C17H34O2Si. The maximum atomic E-state index is 10.7. The molecule has 0 aromatic carbocycles. The van der Waals surface area contributed by atoms with Crippen LogP contribution in [-0.2, 0) is 9.22 Å². The molecule has 2 aliphatic rings. The fourth-order valence-electron chi connectivity index (χ4n) is 3.46. The summed E-state index contributed by atoms with van der Waals surface area (Å²) in [6.45, 7) is 4.10. The largest absolute Gasteiger partial charge is 0.525 e. The number of hydrogen-bond acceptors (Lipinski definition) is 2. The summed E-state index contributed by atoms with van der Waals surface area (Å²) in [5.74, 6) is 2.31. The molecule has 0 spiro atoms. The Hall–Kier alpha value is -0.313. The zero-order valence-electron chi connectivity index (χ0n) is 13.7. The highest BCUT2D eigenvalue weighted by Crippen LogP contribution is 2.39. The van der Waals surface area contributed by atoms with Gasteiger partial charge in [-0.3, -0.25) is 4.79 Å². The molecule has 0 aromatic heterocycles. The van der Waals surface area contributed by atoms with Gasteiger partial charge in [0.05, 0.1) is 0 Å². The zero-order valence-corrected chi connectivity index (χ0v) is 15.1. The average Bonchev–Trinajstić information content (AvgIpc) is 3.13. The molecule has 0 radical (unpaired) electrons. The molecule has 118 valence electrons. The molecule has 2 rings (SSSR count). The lowest BCUT2D eigenvalue weighted by Crippen LogP contribution is -2.07. The Morgan fingerprint density at radius 1 is 0.950 bits per heavy atom. The van der Waals surface area contributed by atoms with Crippen LogP contribution in [0.5, 0.6) is 0 Å². The van der Waals surface area contributed by atoms with Gasteiger partial charge < -0.3 is 4.43 Å². The van der Waals surface area contributed by atoms with Gasteiger partial charge in [-0.25, -0.2) is 0 Å². The molecule has 0 bridgehead atoms. The van der Waals surface area contributed by atoms with Gasteiger partial charge in [-0.05, 0) is 24.3 Å². The fourth-order valence-corrected chi connectivity index (χ4v) is 4.27. The molecule has 0 atom stereocenters. The van der Waals surface area contributed by atoms with E-state index in [4.69, 9.17) is 4.43 Å².